The number of aliphatic hydroxyl groups excluding tert-OH is 2. The van der Waals surface area contributed by atoms with Gasteiger partial charge in [-0.05, 0) is 19.1 Å². The van der Waals surface area contributed by atoms with E-state index in [1.165, 1.54) is 0 Å². The fourth-order valence-corrected chi connectivity index (χ4v) is 3.15. The Hall–Kier alpha value is -2.81. The predicted molar refractivity (Wildman–Crippen MR) is 104 cm³/mol. The Morgan fingerprint density at radius 2 is 1.89 bits per heavy atom. The highest BCUT2D eigenvalue weighted by molar-refractivity contribution is 5.60. The average Bonchev–Trinajstić information content (AvgIpc) is 3.24. The molecule has 2 N–H and O–H groups in total. The van der Waals surface area contributed by atoms with Crippen LogP contribution in [0.25, 0.3) is 17.1 Å². The summed E-state index contributed by atoms with van der Waals surface area (Å²) >= 11 is 0. The first kappa shape index (κ1) is 18.5. The van der Waals surface area contributed by atoms with Crippen LogP contribution in [0.3, 0.4) is 0 Å². The maximum atomic E-state index is 10.1. The quantitative estimate of drug-likeness (QED) is 0.691. The van der Waals surface area contributed by atoms with Gasteiger partial charge < -0.3 is 19.8 Å². The minimum absolute atomic E-state index is 0.175. The van der Waals surface area contributed by atoms with Crippen molar-refractivity contribution in [2.24, 2.45) is 0 Å². The Morgan fingerprint density at radius 3 is 2.64 bits per heavy atom. The molecule has 28 heavy (non-hydrogen) atoms. The summed E-state index contributed by atoms with van der Waals surface area (Å²) in [6.45, 7) is 4.26. The van der Waals surface area contributed by atoms with Crippen LogP contribution in [0.4, 0.5) is 5.82 Å². The molecule has 0 spiro atoms. The molecular weight excluding hydrogens is 358 g/mol. The van der Waals surface area contributed by atoms with Crippen LogP contribution in [0.5, 0.6) is 0 Å². The van der Waals surface area contributed by atoms with E-state index in [2.05, 4.69) is 26.0 Å². The molecule has 0 saturated carbocycles. The summed E-state index contributed by atoms with van der Waals surface area (Å²) in [5.74, 6) is 1.40. The van der Waals surface area contributed by atoms with Crippen LogP contribution in [0.1, 0.15) is 17.5 Å². The van der Waals surface area contributed by atoms with Gasteiger partial charge in [-0.15, -0.1) is 0 Å². The maximum Gasteiger partial charge on any atom is 0.164 e. The monoisotopic (exact) mass is 381 g/mol. The first-order chi connectivity index (χ1) is 13.6. The van der Waals surface area contributed by atoms with Crippen LogP contribution >= 0.6 is 0 Å². The largest absolute Gasteiger partial charge is 0.393 e. The Bertz CT molecular complexity index is 953. The molecule has 0 radical (unpaired) electrons. The first-order valence-corrected chi connectivity index (χ1v) is 9.28. The van der Waals surface area contributed by atoms with Gasteiger partial charge in [0, 0.05) is 30.9 Å². The lowest BCUT2D eigenvalue weighted by molar-refractivity contribution is 0.0884. The highest BCUT2D eigenvalue weighted by atomic mass is 16.5. The van der Waals surface area contributed by atoms with E-state index < -0.39 is 12.7 Å². The predicted octanol–water partition coefficient (Wildman–Crippen LogP) is 1.50. The SMILES string of the molecule is Cc1cccc(-c2ccn(-c3cc(N4CCOCC4)nc(C(O)CO)n3)n2)c1. The van der Waals surface area contributed by atoms with Crippen molar-refractivity contribution in [2.75, 3.05) is 37.8 Å². The van der Waals surface area contributed by atoms with Crippen molar-refractivity contribution in [1.82, 2.24) is 19.7 Å². The van der Waals surface area contributed by atoms with Gasteiger partial charge in [0.1, 0.15) is 11.9 Å². The molecule has 0 aliphatic carbocycles. The van der Waals surface area contributed by atoms with E-state index in [-0.39, 0.29) is 5.82 Å². The molecule has 1 atom stereocenters. The van der Waals surface area contributed by atoms with Gasteiger partial charge in [-0.3, -0.25) is 0 Å². The molecule has 3 heterocycles. The smallest absolute Gasteiger partial charge is 0.164 e. The van der Waals surface area contributed by atoms with Gasteiger partial charge in [0.25, 0.3) is 0 Å². The van der Waals surface area contributed by atoms with E-state index in [9.17, 15) is 10.2 Å². The summed E-state index contributed by atoms with van der Waals surface area (Å²) in [5.41, 5.74) is 3.02. The fourth-order valence-electron chi connectivity index (χ4n) is 3.15. The van der Waals surface area contributed by atoms with E-state index >= 15 is 0 Å². The lowest BCUT2D eigenvalue weighted by Crippen LogP contribution is -2.37. The van der Waals surface area contributed by atoms with Crippen molar-refractivity contribution in [2.45, 2.75) is 13.0 Å². The van der Waals surface area contributed by atoms with Crippen molar-refractivity contribution in [3.63, 3.8) is 0 Å². The van der Waals surface area contributed by atoms with Crippen LogP contribution in [0, 0.1) is 6.92 Å². The highest BCUT2D eigenvalue weighted by Gasteiger charge is 2.19. The van der Waals surface area contributed by atoms with Gasteiger partial charge in [0.05, 0.1) is 25.5 Å². The van der Waals surface area contributed by atoms with Gasteiger partial charge in [-0.25, -0.2) is 14.6 Å². The molecule has 0 bridgehead atoms. The average molecular weight is 381 g/mol. The second-order valence-electron chi connectivity index (χ2n) is 6.76. The molecule has 146 valence electrons. The first-order valence-electron chi connectivity index (χ1n) is 9.28. The van der Waals surface area contributed by atoms with Crippen LogP contribution in [-0.2, 0) is 4.74 Å². The molecule has 2 aromatic heterocycles. The molecule has 8 heteroatoms. The maximum absolute atomic E-state index is 10.1. The molecular formula is C20H23N5O3. The summed E-state index contributed by atoms with van der Waals surface area (Å²) in [4.78, 5) is 10.9. The van der Waals surface area contributed by atoms with Crippen molar-refractivity contribution in [1.29, 1.82) is 0 Å². The van der Waals surface area contributed by atoms with Crippen molar-refractivity contribution >= 4 is 5.82 Å². The van der Waals surface area contributed by atoms with Gasteiger partial charge in [-0.1, -0.05) is 23.8 Å². The molecule has 1 fully saturated rings. The van der Waals surface area contributed by atoms with Gasteiger partial charge >= 0.3 is 0 Å². The number of ether oxygens (including phenoxy) is 1. The summed E-state index contributed by atoms with van der Waals surface area (Å²) in [6.07, 6.45) is 0.685. The molecule has 3 aromatic rings. The Labute approximate surface area is 163 Å². The summed E-state index contributed by atoms with van der Waals surface area (Å²) in [6, 6.07) is 11.9. The molecule has 0 amide bonds. The molecule has 1 saturated heterocycles. The third-order valence-electron chi connectivity index (χ3n) is 4.66. The third kappa shape index (κ3) is 3.89. The van der Waals surface area contributed by atoms with E-state index in [1.807, 2.05) is 43.5 Å². The van der Waals surface area contributed by atoms with Crippen LogP contribution < -0.4 is 4.90 Å². The zero-order valence-corrected chi connectivity index (χ0v) is 15.7. The number of morpholine rings is 1. The number of nitrogens with zero attached hydrogens (tertiary/aromatic N) is 5. The lowest BCUT2D eigenvalue weighted by Gasteiger charge is -2.28. The van der Waals surface area contributed by atoms with Crippen LogP contribution in [0.2, 0.25) is 0 Å². The van der Waals surface area contributed by atoms with Crippen LogP contribution in [0.15, 0.2) is 42.6 Å². The normalized spacial score (nSPS) is 15.6. The summed E-state index contributed by atoms with van der Waals surface area (Å²) < 4.78 is 7.07. The minimum Gasteiger partial charge on any atom is -0.393 e. The molecule has 1 aliphatic rings. The molecule has 8 nitrogen and oxygen atoms in total. The number of hydrogen-bond donors (Lipinski definition) is 2. The molecule has 1 aliphatic heterocycles. The number of benzene rings is 1. The number of aromatic nitrogens is 4. The van der Waals surface area contributed by atoms with Gasteiger partial charge in [0.2, 0.25) is 0 Å². The molecule has 1 unspecified atom stereocenters. The third-order valence-corrected chi connectivity index (χ3v) is 4.66. The second-order valence-corrected chi connectivity index (χ2v) is 6.76. The van der Waals surface area contributed by atoms with E-state index in [0.717, 1.165) is 16.8 Å². The molecule has 4 rings (SSSR count). The van der Waals surface area contributed by atoms with Gasteiger partial charge in [-0.2, -0.15) is 5.10 Å². The van der Waals surface area contributed by atoms with E-state index in [0.29, 0.717) is 37.9 Å². The number of hydrogen-bond acceptors (Lipinski definition) is 7. The molecule has 1 aromatic carbocycles. The zero-order chi connectivity index (χ0) is 19.5. The topological polar surface area (TPSA) is 96.5 Å². The Kier molecular flexibility index (Phi) is 5.34. The van der Waals surface area contributed by atoms with E-state index in [4.69, 9.17) is 4.74 Å². The number of rotatable bonds is 5. The standard InChI is InChI=1S/C20H23N5O3/c1-14-3-2-4-15(11-14)16-5-6-25(23-16)19-12-18(24-7-9-28-10-8-24)21-20(22-19)17(27)13-26/h2-6,11-12,17,26-27H,7-10,13H2,1H3. The van der Waals surface area contributed by atoms with Gasteiger partial charge in [0.15, 0.2) is 11.6 Å². The Morgan fingerprint density at radius 1 is 1.11 bits per heavy atom. The summed E-state index contributed by atoms with van der Waals surface area (Å²) in [5, 5.41) is 24.1. The van der Waals surface area contributed by atoms with Crippen molar-refractivity contribution in [3.8, 4) is 17.1 Å². The lowest BCUT2D eigenvalue weighted by atomic mass is 10.1. The number of anilines is 1. The minimum atomic E-state index is -1.15. The van der Waals surface area contributed by atoms with E-state index in [1.54, 1.807) is 4.68 Å². The van der Waals surface area contributed by atoms with Crippen molar-refractivity contribution < 1.29 is 14.9 Å². The number of aryl methyl sites for hydroxylation is 1. The zero-order valence-electron chi connectivity index (χ0n) is 15.7. The van der Waals surface area contributed by atoms with Crippen LogP contribution in [-0.4, -0.2) is 62.9 Å². The van der Waals surface area contributed by atoms with Crippen molar-refractivity contribution in [3.05, 3.63) is 54.0 Å². The summed E-state index contributed by atoms with van der Waals surface area (Å²) in [7, 11) is 0. The number of aliphatic hydroxyl groups is 2. The highest BCUT2D eigenvalue weighted by Crippen LogP contribution is 2.22. The fraction of sp³-hybridized carbons (Fsp3) is 0.350. The second kappa shape index (κ2) is 8.05. The Balaban J connectivity index is 1.72.